The van der Waals surface area contributed by atoms with Crippen molar-refractivity contribution in [2.45, 2.75) is 39.8 Å². The molecule has 28 heavy (non-hydrogen) atoms. The Morgan fingerprint density at radius 1 is 1.25 bits per heavy atom. The molecule has 0 radical (unpaired) electrons. The van der Waals surface area contributed by atoms with Crippen molar-refractivity contribution in [2.75, 3.05) is 18.5 Å². The van der Waals surface area contributed by atoms with Crippen molar-refractivity contribution in [1.82, 2.24) is 14.8 Å². The average Bonchev–Trinajstić information content (AvgIpc) is 3.09. The van der Waals surface area contributed by atoms with E-state index >= 15 is 0 Å². The highest BCUT2D eigenvalue weighted by atomic mass is 16.5. The molecule has 2 atom stereocenters. The van der Waals surface area contributed by atoms with Gasteiger partial charge in [-0.15, -0.1) is 0 Å². The number of carbonyl (C=O) groups excluding carboxylic acids is 1. The summed E-state index contributed by atoms with van der Waals surface area (Å²) in [5.41, 5.74) is 1.34. The molecule has 3 rings (SSSR count). The van der Waals surface area contributed by atoms with Crippen LogP contribution in [0.15, 0.2) is 36.8 Å². The number of nitrogens with one attached hydrogen (secondary N) is 1. The molecule has 0 saturated heterocycles. The van der Waals surface area contributed by atoms with Crippen LogP contribution in [0.25, 0.3) is 0 Å². The summed E-state index contributed by atoms with van der Waals surface area (Å²) >= 11 is 0. The van der Waals surface area contributed by atoms with Crippen molar-refractivity contribution in [3.8, 4) is 11.5 Å². The van der Waals surface area contributed by atoms with Gasteiger partial charge in [0, 0.05) is 5.70 Å². The third-order valence-corrected chi connectivity index (χ3v) is 4.31. The first-order valence-corrected chi connectivity index (χ1v) is 9.41. The number of ether oxygens (including phenoxy) is 3. The maximum absolute atomic E-state index is 12.9. The van der Waals surface area contributed by atoms with Gasteiger partial charge in [0.05, 0.1) is 25.4 Å². The molecule has 8 heteroatoms. The van der Waals surface area contributed by atoms with Crippen LogP contribution in [0.3, 0.4) is 0 Å². The third-order valence-electron chi connectivity index (χ3n) is 4.31. The Morgan fingerprint density at radius 3 is 2.64 bits per heavy atom. The van der Waals surface area contributed by atoms with E-state index < -0.39 is 12.0 Å². The standard InChI is InChI=1S/C20H26N4O4/c1-6-26-15-9-8-14(10-16(15)27-7-2)18-17(19(25)28-12(3)4)13(5)23-20-21-11-22-24(18)20/h8-12,17-18H,5-7H2,1-4H3,(H,21,22,23)/t17-,18+/m1/s1. The number of anilines is 1. The van der Waals surface area contributed by atoms with Crippen LogP contribution < -0.4 is 14.8 Å². The van der Waals surface area contributed by atoms with E-state index in [4.69, 9.17) is 14.2 Å². The zero-order valence-electron chi connectivity index (χ0n) is 16.6. The van der Waals surface area contributed by atoms with Crippen LogP contribution in [0.1, 0.15) is 39.3 Å². The van der Waals surface area contributed by atoms with Crippen LogP contribution >= 0.6 is 0 Å². The molecule has 1 aromatic carbocycles. The summed E-state index contributed by atoms with van der Waals surface area (Å²) in [6.07, 6.45) is 1.20. The number of nitrogens with zero attached hydrogens (tertiary/aromatic N) is 3. The van der Waals surface area contributed by atoms with Crippen LogP contribution in [0, 0.1) is 5.92 Å². The second-order valence-corrected chi connectivity index (χ2v) is 6.66. The first-order chi connectivity index (χ1) is 13.5. The molecule has 1 aromatic heterocycles. The number of hydrogen-bond acceptors (Lipinski definition) is 7. The van der Waals surface area contributed by atoms with E-state index in [1.165, 1.54) is 6.33 Å². The van der Waals surface area contributed by atoms with Crippen LogP contribution in [0.4, 0.5) is 5.95 Å². The lowest BCUT2D eigenvalue weighted by Gasteiger charge is -2.33. The normalized spacial score (nSPS) is 18.4. The van der Waals surface area contributed by atoms with Crippen molar-refractivity contribution in [1.29, 1.82) is 0 Å². The molecular formula is C20H26N4O4. The quantitative estimate of drug-likeness (QED) is 0.731. The molecule has 2 aromatic rings. The van der Waals surface area contributed by atoms with Gasteiger partial charge in [-0.25, -0.2) is 4.68 Å². The molecule has 0 unspecified atom stereocenters. The summed E-state index contributed by atoms with van der Waals surface area (Å²) < 4.78 is 18.6. The highest BCUT2D eigenvalue weighted by Crippen LogP contribution is 2.40. The molecule has 1 aliphatic heterocycles. The first kappa shape index (κ1) is 19.7. The Balaban J connectivity index is 2.08. The average molecular weight is 386 g/mol. The van der Waals surface area contributed by atoms with E-state index in [0.717, 1.165) is 5.56 Å². The Kier molecular flexibility index (Phi) is 5.87. The number of aromatic nitrogens is 3. The van der Waals surface area contributed by atoms with Crippen LogP contribution in [-0.2, 0) is 9.53 Å². The number of fused-ring (bicyclic) bond motifs is 1. The lowest BCUT2D eigenvalue weighted by Crippen LogP contribution is -2.38. The van der Waals surface area contributed by atoms with Gasteiger partial charge < -0.3 is 19.5 Å². The number of carbonyl (C=O) groups is 1. The molecular weight excluding hydrogens is 360 g/mol. The monoisotopic (exact) mass is 386 g/mol. The summed E-state index contributed by atoms with van der Waals surface area (Å²) in [6.45, 7) is 12.5. The maximum atomic E-state index is 12.9. The zero-order valence-corrected chi connectivity index (χ0v) is 16.6. The molecule has 1 aliphatic rings. The summed E-state index contributed by atoms with van der Waals surface area (Å²) in [6, 6.07) is 5.15. The molecule has 0 bridgehead atoms. The first-order valence-electron chi connectivity index (χ1n) is 9.41. The Hall–Kier alpha value is -3.03. The van der Waals surface area contributed by atoms with Gasteiger partial charge in [0.25, 0.3) is 0 Å². The Bertz CT molecular complexity index is 862. The van der Waals surface area contributed by atoms with Crippen molar-refractivity contribution in [3.05, 3.63) is 42.4 Å². The summed E-state index contributed by atoms with van der Waals surface area (Å²) in [7, 11) is 0. The zero-order chi connectivity index (χ0) is 20.3. The van der Waals surface area contributed by atoms with Crippen molar-refractivity contribution in [3.63, 3.8) is 0 Å². The second kappa shape index (κ2) is 8.33. The van der Waals surface area contributed by atoms with Gasteiger partial charge in [0.1, 0.15) is 12.2 Å². The molecule has 8 nitrogen and oxygen atoms in total. The van der Waals surface area contributed by atoms with E-state index in [2.05, 4.69) is 22.0 Å². The summed E-state index contributed by atoms with van der Waals surface area (Å²) in [5.74, 6) is 0.759. The number of benzene rings is 1. The fourth-order valence-corrected chi connectivity index (χ4v) is 3.26. The second-order valence-electron chi connectivity index (χ2n) is 6.66. The van der Waals surface area contributed by atoms with E-state index in [9.17, 15) is 4.79 Å². The van der Waals surface area contributed by atoms with E-state index in [-0.39, 0.29) is 12.1 Å². The lowest BCUT2D eigenvalue weighted by atomic mass is 9.89. The number of rotatable bonds is 7. The van der Waals surface area contributed by atoms with Gasteiger partial charge in [-0.2, -0.15) is 10.1 Å². The molecule has 0 fully saturated rings. The van der Waals surface area contributed by atoms with Gasteiger partial charge in [-0.05, 0) is 45.4 Å². The largest absolute Gasteiger partial charge is 0.490 e. The van der Waals surface area contributed by atoms with E-state index in [0.29, 0.717) is 36.4 Å². The van der Waals surface area contributed by atoms with Crippen LogP contribution in [-0.4, -0.2) is 40.1 Å². The topological polar surface area (TPSA) is 87.5 Å². The van der Waals surface area contributed by atoms with E-state index in [1.54, 1.807) is 4.68 Å². The minimum absolute atomic E-state index is 0.239. The Labute approximate surface area is 164 Å². The third kappa shape index (κ3) is 3.81. The van der Waals surface area contributed by atoms with Crippen molar-refractivity contribution >= 4 is 11.9 Å². The van der Waals surface area contributed by atoms with Gasteiger partial charge in [-0.3, -0.25) is 4.79 Å². The molecule has 0 amide bonds. The van der Waals surface area contributed by atoms with E-state index in [1.807, 2.05) is 45.9 Å². The van der Waals surface area contributed by atoms with Crippen LogP contribution in [0.5, 0.6) is 11.5 Å². The molecule has 0 spiro atoms. The Morgan fingerprint density at radius 2 is 1.96 bits per heavy atom. The minimum Gasteiger partial charge on any atom is -0.490 e. The SMILES string of the molecule is C=C1Nc2ncnn2[C@@H](c2ccc(OCC)c(OCC)c2)[C@@H]1C(=O)OC(C)C. The highest BCUT2D eigenvalue weighted by Gasteiger charge is 2.41. The predicted octanol–water partition coefficient (Wildman–Crippen LogP) is 3.17. The minimum atomic E-state index is -0.663. The lowest BCUT2D eigenvalue weighted by molar-refractivity contribution is -0.152. The molecule has 0 aliphatic carbocycles. The fraction of sp³-hybridized carbons (Fsp3) is 0.450. The molecule has 0 saturated carbocycles. The smallest absolute Gasteiger partial charge is 0.317 e. The number of esters is 1. The summed E-state index contributed by atoms with van der Waals surface area (Å²) in [5, 5.41) is 7.37. The van der Waals surface area contributed by atoms with Gasteiger partial charge in [0.15, 0.2) is 11.5 Å². The predicted molar refractivity (Wildman–Crippen MR) is 104 cm³/mol. The van der Waals surface area contributed by atoms with Gasteiger partial charge in [0.2, 0.25) is 5.95 Å². The molecule has 2 heterocycles. The molecule has 150 valence electrons. The van der Waals surface area contributed by atoms with Gasteiger partial charge in [-0.1, -0.05) is 12.6 Å². The van der Waals surface area contributed by atoms with Crippen molar-refractivity contribution < 1.29 is 19.0 Å². The maximum Gasteiger partial charge on any atom is 0.317 e. The number of hydrogen-bond donors (Lipinski definition) is 1. The molecule has 1 N–H and O–H groups in total. The van der Waals surface area contributed by atoms with Gasteiger partial charge >= 0.3 is 5.97 Å². The van der Waals surface area contributed by atoms with Crippen molar-refractivity contribution in [2.24, 2.45) is 5.92 Å². The highest BCUT2D eigenvalue weighted by molar-refractivity contribution is 5.79. The summed E-state index contributed by atoms with van der Waals surface area (Å²) in [4.78, 5) is 17.1. The van der Waals surface area contributed by atoms with Crippen LogP contribution in [0.2, 0.25) is 0 Å². The fourth-order valence-electron chi connectivity index (χ4n) is 3.26.